The van der Waals surface area contributed by atoms with Crippen molar-refractivity contribution in [3.63, 3.8) is 0 Å². The molecule has 3 heteroatoms. The maximum Gasteiger partial charge on any atom is 0.144 e. The normalized spacial score (nSPS) is 10.6. The molecule has 68 valence electrons. The lowest BCUT2D eigenvalue weighted by Crippen LogP contribution is -1.87. The first-order valence-electron chi connectivity index (χ1n) is 4.35. The second-order valence-corrected chi connectivity index (χ2v) is 2.94. The Bertz CT molecular complexity index is 382. The topological polar surface area (TPSA) is 37.9 Å². The third-order valence-electron chi connectivity index (χ3n) is 2.27. The molecular weight excluding hydrogens is 164 g/mol. The molecule has 1 aromatic carbocycles. The van der Waals surface area contributed by atoms with Gasteiger partial charge >= 0.3 is 0 Å². The molecule has 0 aliphatic rings. The number of methoxy groups -OCH3 is 1. The fraction of sp³-hybridized carbons (Fsp3) is 0.300. The number of H-pyrrole nitrogens is 1. The van der Waals surface area contributed by atoms with Crippen molar-refractivity contribution in [2.24, 2.45) is 0 Å². The van der Waals surface area contributed by atoms with Gasteiger partial charge < -0.3 is 4.74 Å². The Hall–Kier alpha value is -1.51. The highest BCUT2D eigenvalue weighted by molar-refractivity contribution is 5.87. The fourth-order valence-corrected chi connectivity index (χ4v) is 1.55. The Morgan fingerprint density at radius 2 is 2.31 bits per heavy atom. The number of ether oxygens (including phenoxy) is 1. The molecule has 0 amide bonds. The summed E-state index contributed by atoms with van der Waals surface area (Å²) in [6.45, 7) is 2.13. The molecule has 0 aliphatic heterocycles. The van der Waals surface area contributed by atoms with Gasteiger partial charge in [0, 0.05) is 5.39 Å². The van der Waals surface area contributed by atoms with Crippen molar-refractivity contribution in [2.45, 2.75) is 13.3 Å². The van der Waals surface area contributed by atoms with Gasteiger partial charge in [-0.25, -0.2) is 0 Å². The highest BCUT2D eigenvalue weighted by atomic mass is 16.5. The van der Waals surface area contributed by atoms with Gasteiger partial charge in [0.05, 0.1) is 13.3 Å². The van der Waals surface area contributed by atoms with Gasteiger partial charge in [0.15, 0.2) is 0 Å². The molecule has 0 atom stereocenters. The predicted molar refractivity (Wildman–Crippen MR) is 52.0 cm³/mol. The molecule has 1 heterocycles. The molecule has 3 nitrogen and oxygen atoms in total. The number of nitrogens with one attached hydrogen (secondary N) is 1. The van der Waals surface area contributed by atoms with E-state index in [1.165, 1.54) is 5.56 Å². The Morgan fingerprint density at radius 3 is 3.00 bits per heavy atom. The zero-order valence-corrected chi connectivity index (χ0v) is 7.79. The van der Waals surface area contributed by atoms with Gasteiger partial charge in [-0.1, -0.05) is 13.0 Å². The zero-order chi connectivity index (χ0) is 9.26. The number of aryl methyl sites for hydroxylation is 1. The third-order valence-corrected chi connectivity index (χ3v) is 2.27. The minimum absolute atomic E-state index is 0.852. The summed E-state index contributed by atoms with van der Waals surface area (Å²) in [5.74, 6) is 0.852. The molecule has 1 N–H and O–H groups in total. The Labute approximate surface area is 76.7 Å². The van der Waals surface area contributed by atoms with Gasteiger partial charge in [-0.15, -0.1) is 0 Å². The van der Waals surface area contributed by atoms with Crippen LogP contribution in [0.15, 0.2) is 18.3 Å². The summed E-state index contributed by atoms with van der Waals surface area (Å²) in [7, 11) is 1.67. The van der Waals surface area contributed by atoms with Crippen molar-refractivity contribution in [1.29, 1.82) is 0 Å². The van der Waals surface area contributed by atoms with Crippen molar-refractivity contribution in [3.05, 3.63) is 23.9 Å². The quantitative estimate of drug-likeness (QED) is 0.761. The Morgan fingerprint density at radius 1 is 1.46 bits per heavy atom. The van der Waals surface area contributed by atoms with Gasteiger partial charge in [0.25, 0.3) is 0 Å². The number of fused-ring (bicyclic) bond motifs is 1. The molecule has 0 spiro atoms. The number of hydrogen-bond acceptors (Lipinski definition) is 2. The summed E-state index contributed by atoms with van der Waals surface area (Å²) in [5.41, 5.74) is 2.28. The zero-order valence-electron chi connectivity index (χ0n) is 7.79. The summed E-state index contributed by atoms with van der Waals surface area (Å²) >= 11 is 0. The summed E-state index contributed by atoms with van der Waals surface area (Å²) < 4.78 is 5.21. The molecule has 13 heavy (non-hydrogen) atoms. The van der Waals surface area contributed by atoms with Gasteiger partial charge in [-0.2, -0.15) is 5.10 Å². The highest BCUT2D eigenvalue weighted by Crippen LogP contribution is 2.26. The monoisotopic (exact) mass is 176 g/mol. The van der Waals surface area contributed by atoms with E-state index in [1.807, 2.05) is 12.3 Å². The van der Waals surface area contributed by atoms with E-state index in [9.17, 15) is 0 Å². The number of aromatic amines is 1. The Kier molecular flexibility index (Phi) is 1.93. The maximum absolute atomic E-state index is 5.21. The first-order chi connectivity index (χ1) is 6.36. The van der Waals surface area contributed by atoms with Gasteiger partial charge in [0.1, 0.15) is 11.3 Å². The third kappa shape index (κ3) is 1.16. The summed E-state index contributed by atoms with van der Waals surface area (Å²) in [5, 5.41) is 8.11. The fourth-order valence-electron chi connectivity index (χ4n) is 1.55. The lowest BCUT2D eigenvalue weighted by atomic mass is 10.1. The number of rotatable bonds is 2. The Balaban J connectivity index is 2.74. The smallest absolute Gasteiger partial charge is 0.144 e. The molecule has 1 aromatic heterocycles. The number of benzene rings is 1. The van der Waals surface area contributed by atoms with Crippen LogP contribution in [0.2, 0.25) is 0 Å². The van der Waals surface area contributed by atoms with Crippen LogP contribution < -0.4 is 4.74 Å². The number of nitrogens with zero attached hydrogens (tertiary/aromatic N) is 1. The van der Waals surface area contributed by atoms with Crippen LogP contribution in [0.3, 0.4) is 0 Å². The largest absolute Gasteiger partial charge is 0.494 e. The highest BCUT2D eigenvalue weighted by Gasteiger charge is 2.06. The van der Waals surface area contributed by atoms with E-state index in [-0.39, 0.29) is 0 Å². The van der Waals surface area contributed by atoms with Crippen LogP contribution in [0.1, 0.15) is 12.5 Å². The molecule has 2 aromatic rings. The van der Waals surface area contributed by atoms with E-state index in [2.05, 4.69) is 23.2 Å². The van der Waals surface area contributed by atoms with E-state index >= 15 is 0 Å². The van der Waals surface area contributed by atoms with Crippen molar-refractivity contribution in [1.82, 2.24) is 10.2 Å². The first-order valence-corrected chi connectivity index (χ1v) is 4.35. The van der Waals surface area contributed by atoms with E-state index in [0.29, 0.717) is 0 Å². The standard InChI is InChI=1S/C10H12N2O/c1-3-7-4-5-9(13-2)10-8(7)6-11-12-10/h4-6H,3H2,1-2H3,(H,11,12). The number of hydrogen-bond donors (Lipinski definition) is 1. The molecule has 0 fully saturated rings. The van der Waals surface area contributed by atoms with E-state index in [1.54, 1.807) is 7.11 Å². The van der Waals surface area contributed by atoms with Crippen molar-refractivity contribution in [3.8, 4) is 5.75 Å². The maximum atomic E-state index is 5.21. The molecule has 0 bridgehead atoms. The van der Waals surface area contributed by atoms with Crippen LogP contribution in [0.4, 0.5) is 0 Å². The van der Waals surface area contributed by atoms with E-state index < -0.39 is 0 Å². The summed E-state index contributed by atoms with van der Waals surface area (Å²) in [6.07, 6.45) is 2.86. The van der Waals surface area contributed by atoms with Crippen molar-refractivity contribution >= 4 is 10.9 Å². The number of aromatic nitrogens is 2. The van der Waals surface area contributed by atoms with Gasteiger partial charge in [-0.05, 0) is 18.1 Å². The van der Waals surface area contributed by atoms with Gasteiger partial charge in [-0.3, -0.25) is 5.10 Å². The van der Waals surface area contributed by atoms with Crippen LogP contribution in [0.25, 0.3) is 10.9 Å². The average Bonchev–Trinajstić information content (AvgIpc) is 2.64. The summed E-state index contributed by atoms with van der Waals surface area (Å²) in [6, 6.07) is 4.05. The van der Waals surface area contributed by atoms with E-state index in [4.69, 9.17) is 4.74 Å². The summed E-state index contributed by atoms with van der Waals surface area (Å²) in [4.78, 5) is 0. The minimum Gasteiger partial charge on any atom is -0.494 e. The van der Waals surface area contributed by atoms with Crippen LogP contribution in [-0.4, -0.2) is 17.3 Å². The van der Waals surface area contributed by atoms with Crippen LogP contribution in [0, 0.1) is 0 Å². The van der Waals surface area contributed by atoms with Crippen molar-refractivity contribution in [2.75, 3.05) is 7.11 Å². The van der Waals surface area contributed by atoms with Gasteiger partial charge in [0.2, 0.25) is 0 Å². The van der Waals surface area contributed by atoms with Crippen LogP contribution in [-0.2, 0) is 6.42 Å². The molecule has 2 rings (SSSR count). The molecule has 0 saturated carbocycles. The second-order valence-electron chi connectivity index (χ2n) is 2.94. The SMILES string of the molecule is CCc1ccc(OC)c2[nH]ncc12. The van der Waals surface area contributed by atoms with E-state index in [0.717, 1.165) is 23.1 Å². The van der Waals surface area contributed by atoms with Crippen LogP contribution in [0.5, 0.6) is 5.75 Å². The lowest BCUT2D eigenvalue weighted by molar-refractivity contribution is 0.418. The molecule has 0 radical (unpaired) electrons. The minimum atomic E-state index is 0.852. The van der Waals surface area contributed by atoms with Crippen molar-refractivity contribution < 1.29 is 4.74 Å². The average molecular weight is 176 g/mol. The predicted octanol–water partition coefficient (Wildman–Crippen LogP) is 2.13. The molecule has 0 aliphatic carbocycles. The first kappa shape index (κ1) is 8.10. The molecule has 0 unspecified atom stereocenters. The van der Waals surface area contributed by atoms with Crippen LogP contribution >= 0.6 is 0 Å². The molecular formula is C10H12N2O. The lowest BCUT2D eigenvalue weighted by Gasteiger charge is -2.03. The second kappa shape index (κ2) is 3.09. The molecule has 0 saturated heterocycles.